The number of benzene rings is 1. The number of nitrogens with one attached hydrogen (secondary N) is 2. The third kappa shape index (κ3) is 4.27. The lowest BCUT2D eigenvalue weighted by atomic mass is 9.92. The number of fused-ring (bicyclic) bond motifs is 1. The smallest absolute Gasteiger partial charge is 0.317 e. The van der Waals surface area contributed by atoms with E-state index in [4.69, 9.17) is 9.26 Å². The summed E-state index contributed by atoms with van der Waals surface area (Å²) in [7, 11) is 0. The summed E-state index contributed by atoms with van der Waals surface area (Å²) in [6.45, 7) is 2.34. The quantitative estimate of drug-likeness (QED) is 0.760. The molecule has 8 heteroatoms. The molecule has 2 aliphatic rings. The zero-order valence-electron chi connectivity index (χ0n) is 15.7. The summed E-state index contributed by atoms with van der Waals surface area (Å²) in [5, 5.41) is 9.27. The van der Waals surface area contributed by atoms with Crippen molar-refractivity contribution in [1.29, 1.82) is 0 Å². The fourth-order valence-corrected chi connectivity index (χ4v) is 3.56. The number of aryl methyl sites for hydroxylation is 2. The van der Waals surface area contributed by atoms with Crippen LogP contribution < -0.4 is 15.4 Å². The Balaban J connectivity index is 1.25. The van der Waals surface area contributed by atoms with Crippen LogP contribution in [-0.2, 0) is 19.4 Å². The van der Waals surface area contributed by atoms with E-state index in [-0.39, 0.29) is 24.2 Å². The van der Waals surface area contributed by atoms with Gasteiger partial charge >= 0.3 is 6.03 Å². The topological polar surface area (TPSA) is 96.7 Å². The van der Waals surface area contributed by atoms with E-state index in [1.807, 2.05) is 6.07 Å². The summed E-state index contributed by atoms with van der Waals surface area (Å²) in [5.41, 5.74) is 2.96. The molecule has 2 N–H and O–H groups in total. The van der Waals surface area contributed by atoms with Crippen LogP contribution in [0.3, 0.4) is 0 Å². The molecule has 3 amide bonds. The van der Waals surface area contributed by atoms with Gasteiger partial charge in [0.05, 0.1) is 0 Å². The average molecular weight is 384 g/mol. The largest absolute Gasteiger partial charge is 0.486 e. The van der Waals surface area contributed by atoms with Gasteiger partial charge in [-0.2, -0.15) is 0 Å². The van der Waals surface area contributed by atoms with Crippen LogP contribution in [-0.4, -0.2) is 48.2 Å². The van der Waals surface area contributed by atoms with Crippen LogP contribution in [0.2, 0.25) is 0 Å². The standard InChI is InChI=1S/C20H24N4O4/c25-19(21-7-9-24-10-8-22-20(24)26)18-12-17(28-23-18)13-27-16-6-5-14-3-1-2-4-15(14)11-16/h5-6,11-12H,1-4,7-10,13H2,(H,21,25)(H,22,26). The zero-order chi connectivity index (χ0) is 19.3. The van der Waals surface area contributed by atoms with Gasteiger partial charge in [-0.3, -0.25) is 4.79 Å². The molecular weight excluding hydrogens is 360 g/mol. The number of carbonyl (C=O) groups is 2. The molecule has 2 aromatic rings. The van der Waals surface area contributed by atoms with Gasteiger partial charge < -0.3 is 24.8 Å². The van der Waals surface area contributed by atoms with Gasteiger partial charge in [0.2, 0.25) is 0 Å². The van der Waals surface area contributed by atoms with Gasteiger partial charge in [-0.15, -0.1) is 0 Å². The van der Waals surface area contributed by atoms with Crippen LogP contribution >= 0.6 is 0 Å². The average Bonchev–Trinajstić information content (AvgIpc) is 3.35. The molecule has 1 saturated heterocycles. The fraction of sp³-hybridized carbons (Fsp3) is 0.450. The van der Waals surface area contributed by atoms with Crippen LogP contribution in [0, 0.1) is 0 Å². The summed E-state index contributed by atoms with van der Waals surface area (Å²) >= 11 is 0. The molecule has 2 heterocycles. The van der Waals surface area contributed by atoms with Crippen molar-refractivity contribution >= 4 is 11.9 Å². The molecule has 1 aromatic carbocycles. The SMILES string of the molecule is O=C(NCCN1CCNC1=O)c1cc(COc2ccc3c(c2)CCCC3)on1. The molecule has 0 saturated carbocycles. The highest BCUT2D eigenvalue weighted by Gasteiger charge is 2.19. The van der Waals surface area contributed by atoms with Crippen LogP contribution in [0.1, 0.15) is 40.2 Å². The van der Waals surface area contributed by atoms with E-state index in [1.165, 1.54) is 24.0 Å². The van der Waals surface area contributed by atoms with Crippen molar-refractivity contribution < 1.29 is 18.8 Å². The molecule has 0 spiro atoms. The summed E-state index contributed by atoms with van der Waals surface area (Å²) in [4.78, 5) is 25.3. The third-order valence-corrected chi connectivity index (χ3v) is 5.11. The maximum absolute atomic E-state index is 12.2. The lowest BCUT2D eigenvalue weighted by Crippen LogP contribution is -2.36. The highest BCUT2D eigenvalue weighted by molar-refractivity contribution is 5.92. The first-order valence-corrected chi connectivity index (χ1v) is 9.70. The van der Waals surface area contributed by atoms with Gasteiger partial charge in [0.1, 0.15) is 12.4 Å². The summed E-state index contributed by atoms with van der Waals surface area (Å²) in [5.74, 6) is 0.956. The molecule has 8 nitrogen and oxygen atoms in total. The lowest BCUT2D eigenvalue weighted by Gasteiger charge is -2.16. The van der Waals surface area contributed by atoms with E-state index in [2.05, 4.69) is 27.9 Å². The summed E-state index contributed by atoms with van der Waals surface area (Å²) < 4.78 is 11.0. The van der Waals surface area contributed by atoms with Gasteiger partial charge in [0.15, 0.2) is 11.5 Å². The van der Waals surface area contributed by atoms with Crippen molar-refractivity contribution in [2.75, 3.05) is 26.2 Å². The first-order valence-electron chi connectivity index (χ1n) is 9.70. The van der Waals surface area contributed by atoms with Crippen molar-refractivity contribution in [3.63, 3.8) is 0 Å². The normalized spacial score (nSPS) is 15.9. The van der Waals surface area contributed by atoms with Crippen molar-refractivity contribution in [2.24, 2.45) is 0 Å². The van der Waals surface area contributed by atoms with Crippen LogP contribution in [0.4, 0.5) is 4.79 Å². The number of hydrogen-bond donors (Lipinski definition) is 2. The first kappa shape index (κ1) is 18.3. The van der Waals surface area contributed by atoms with E-state index in [0.717, 1.165) is 18.6 Å². The van der Waals surface area contributed by atoms with E-state index in [1.54, 1.807) is 11.0 Å². The molecule has 0 unspecified atom stereocenters. The van der Waals surface area contributed by atoms with Crippen molar-refractivity contribution in [1.82, 2.24) is 20.7 Å². The maximum Gasteiger partial charge on any atom is 0.317 e. The van der Waals surface area contributed by atoms with Crippen LogP contribution in [0.15, 0.2) is 28.8 Å². The Hall–Kier alpha value is -3.03. The van der Waals surface area contributed by atoms with E-state index in [9.17, 15) is 9.59 Å². The lowest BCUT2D eigenvalue weighted by molar-refractivity contribution is 0.0941. The molecule has 4 rings (SSSR count). The van der Waals surface area contributed by atoms with Crippen molar-refractivity contribution in [2.45, 2.75) is 32.3 Å². The number of urea groups is 1. The maximum atomic E-state index is 12.2. The molecule has 0 radical (unpaired) electrons. The molecule has 0 bridgehead atoms. The van der Waals surface area contributed by atoms with Gasteiger partial charge in [-0.05, 0) is 48.9 Å². The number of rotatable bonds is 7. The summed E-state index contributed by atoms with van der Waals surface area (Å²) in [6, 6.07) is 7.67. The van der Waals surface area contributed by atoms with Gasteiger partial charge in [-0.25, -0.2) is 4.79 Å². The van der Waals surface area contributed by atoms with E-state index >= 15 is 0 Å². The Morgan fingerprint density at radius 3 is 2.93 bits per heavy atom. The number of nitrogens with zero attached hydrogens (tertiary/aromatic N) is 2. The van der Waals surface area contributed by atoms with Crippen LogP contribution in [0.25, 0.3) is 0 Å². The van der Waals surface area contributed by atoms with E-state index < -0.39 is 0 Å². The zero-order valence-corrected chi connectivity index (χ0v) is 15.7. The Morgan fingerprint density at radius 2 is 2.11 bits per heavy atom. The molecule has 1 aliphatic carbocycles. The van der Waals surface area contributed by atoms with Crippen LogP contribution in [0.5, 0.6) is 5.75 Å². The number of carbonyl (C=O) groups excluding carboxylic acids is 2. The summed E-state index contributed by atoms with van der Waals surface area (Å²) in [6.07, 6.45) is 4.71. The second-order valence-corrected chi connectivity index (χ2v) is 7.08. The Bertz CT molecular complexity index is 864. The fourth-order valence-electron chi connectivity index (χ4n) is 3.56. The van der Waals surface area contributed by atoms with Crippen molar-refractivity contribution in [3.8, 4) is 5.75 Å². The number of hydrogen-bond acceptors (Lipinski definition) is 5. The third-order valence-electron chi connectivity index (χ3n) is 5.11. The minimum absolute atomic E-state index is 0.0997. The molecule has 148 valence electrons. The predicted octanol–water partition coefficient (Wildman–Crippen LogP) is 1.89. The number of ether oxygens (including phenoxy) is 1. The minimum atomic E-state index is -0.330. The Morgan fingerprint density at radius 1 is 1.25 bits per heavy atom. The molecule has 0 atom stereocenters. The van der Waals surface area contributed by atoms with Gasteiger partial charge in [0.25, 0.3) is 5.91 Å². The highest BCUT2D eigenvalue weighted by Crippen LogP contribution is 2.25. The molecule has 28 heavy (non-hydrogen) atoms. The molecule has 1 fully saturated rings. The van der Waals surface area contributed by atoms with E-state index in [0.29, 0.717) is 31.9 Å². The highest BCUT2D eigenvalue weighted by atomic mass is 16.5. The van der Waals surface area contributed by atoms with Crippen molar-refractivity contribution in [3.05, 3.63) is 46.8 Å². The molecular formula is C20H24N4O4. The molecule has 1 aromatic heterocycles. The Kier molecular flexibility index (Phi) is 5.45. The second kappa shape index (κ2) is 8.33. The monoisotopic (exact) mass is 384 g/mol. The number of aromatic nitrogens is 1. The van der Waals surface area contributed by atoms with Gasteiger partial charge in [0, 0.05) is 32.2 Å². The number of amides is 3. The first-order chi connectivity index (χ1) is 13.7. The second-order valence-electron chi connectivity index (χ2n) is 7.08. The minimum Gasteiger partial charge on any atom is -0.486 e. The molecule has 1 aliphatic heterocycles. The Labute approximate surface area is 163 Å². The predicted molar refractivity (Wildman–Crippen MR) is 101 cm³/mol. The van der Waals surface area contributed by atoms with Gasteiger partial charge in [-0.1, -0.05) is 11.2 Å².